The minimum absolute atomic E-state index is 0.0943. The molecular formula is C19H21NO3S. The van der Waals surface area contributed by atoms with Gasteiger partial charge in [0, 0.05) is 11.3 Å². The Kier molecular flexibility index (Phi) is 6.88. The molecule has 0 aliphatic carbocycles. The summed E-state index contributed by atoms with van der Waals surface area (Å²) in [6.45, 7) is 1.85. The van der Waals surface area contributed by atoms with Crippen molar-refractivity contribution >= 4 is 29.3 Å². The van der Waals surface area contributed by atoms with E-state index in [1.54, 1.807) is 23.9 Å². The second kappa shape index (κ2) is 9.13. The van der Waals surface area contributed by atoms with Crippen molar-refractivity contribution in [1.82, 2.24) is 0 Å². The maximum atomic E-state index is 12.2. The van der Waals surface area contributed by atoms with Crippen LogP contribution in [0.3, 0.4) is 0 Å². The number of esters is 1. The van der Waals surface area contributed by atoms with Crippen LogP contribution in [0.25, 0.3) is 0 Å². The Balaban J connectivity index is 1.87. The molecule has 2 aromatic carbocycles. The molecule has 0 atom stereocenters. The molecule has 0 unspecified atom stereocenters. The molecule has 0 bridgehead atoms. The van der Waals surface area contributed by atoms with Crippen molar-refractivity contribution in [2.45, 2.75) is 24.7 Å². The maximum absolute atomic E-state index is 12.2. The second-order valence-corrected chi connectivity index (χ2v) is 6.47. The number of carbonyl (C=O) groups is 2. The first-order chi connectivity index (χ1) is 11.6. The highest BCUT2D eigenvalue weighted by Crippen LogP contribution is 2.22. The third-order valence-corrected chi connectivity index (χ3v) is 4.60. The molecule has 24 heavy (non-hydrogen) atoms. The Morgan fingerprint density at radius 2 is 1.83 bits per heavy atom. The van der Waals surface area contributed by atoms with Crippen molar-refractivity contribution in [3.05, 3.63) is 59.7 Å². The molecule has 0 fully saturated rings. The van der Waals surface area contributed by atoms with Gasteiger partial charge in [0.15, 0.2) is 0 Å². The number of benzene rings is 2. The molecule has 0 heterocycles. The molecular weight excluding hydrogens is 322 g/mol. The number of nitrogens with one attached hydrogen (secondary N) is 1. The predicted octanol–water partition coefficient (Wildman–Crippen LogP) is 4.29. The zero-order valence-corrected chi connectivity index (χ0v) is 14.7. The van der Waals surface area contributed by atoms with Crippen LogP contribution in [0, 0.1) is 6.92 Å². The van der Waals surface area contributed by atoms with Crippen LogP contribution in [0.1, 0.15) is 28.8 Å². The highest BCUT2D eigenvalue weighted by Gasteiger charge is 2.15. The first-order valence-corrected chi connectivity index (χ1v) is 8.76. The van der Waals surface area contributed by atoms with Crippen LogP contribution in [0.2, 0.25) is 0 Å². The molecule has 0 radical (unpaired) electrons. The van der Waals surface area contributed by atoms with E-state index in [2.05, 4.69) is 17.4 Å². The van der Waals surface area contributed by atoms with Gasteiger partial charge in [-0.2, -0.15) is 0 Å². The molecule has 0 spiro atoms. The fourth-order valence-corrected chi connectivity index (χ4v) is 3.13. The van der Waals surface area contributed by atoms with E-state index >= 15 is 0 Å². The fraction of sp³-hybridized carbons (Fsp3) is 0.263. The molecule has 2 aromatic rings. The van der Waals surface area contributed by atoms with Crippen molar-refractivity contribution in [2.75, 3.05) is 18.2 Å². The molecule has 0 saturated carbocycles. The number of thioether (sulfide) groups is 1. The summed E-state index contributed by atoms with van der Waals surface area (Å²) in [6, 6.07) is 15.4. The lowest BCUT2D eigenvalue weighted by molar-refractivity contribution is -0.116. The van der Waals surface area contributed by atoms with Crippen LogP contribution in [-0.4, -0.2) is 24.7 Å². The lowest BCUT2D eigenvalue weighted by atomic mass is 10.1. The molecule has 0 saturated heterocycles. The summed E-state index contributed by atoms with van der Waals surface area (Å²) in [5.74, 6) is 0.325. The maximum Gasteiger partial charge on any atom is 0.339 e. The van der Waals surface area contributed by atoms with Crippen LogP contribution < -0.4 is 5.32 Å². The number of aryl methyl sites for hydroxylation is 1. The van der Waals surface area contributed by atoms with Crippen molar-refractivity contribution in [2.24, 2.45) is 0 Å². The van der Waals surface area contributed by atoms with Gasteiger partial charge >= 0.3 is 5.97 Å². The summed E-state index contributed by atoms with van der Waals surface area (Å²) in [6.07, 6.45) is 1.18. The molecule has 4 nitrogen and oxygen atoms in total. The Morgan fingerprint density at radius 3 is 2.54 bits per heavy atom. The Bertz CT molecular complexity index is 701. The number of ether oxygens (including phenoxy) is 1. The number of carbonyl (C=O) groups excluding carboxylic acids is 2. The van der Waals surface area contributed by atoms with Gasteiger partial charge in [-0.1, -0.05) is 30.3 Å². The van der Waals surface area contributed by atoms with E-state index in [1.807, 2.05) is 31.2 Å². The molecule has 0 aromatic heterocycles. The van der Waals surface area contributed by atoms with Gasteiger partial charge in [0.05, 0.1) is 18.4 Å². The van der Waals surface area contributed by atoms with Gasteiger partial charge in [-0.15, -0.1) is 11.8 Å². The van der Waals surface area contributed by atoms with E-state index in [0.29, 0.717) is 17.7 Å². The quantitative estimate of drug-likeness (QED) is 0.463. The minimum Gasteiger partial charge on any atom is -0.465 e. The molecule has 2 rings (SSSR count). The van der Waals surface area contributed by atoms with Crippen LogP contribution in [0.5, 0.6) is 0 Å². The average Bonchev–Trinajstić information content (AvgIpc) is 2.60. The summed E-state index contributed by atoms with van der Waals surface area (Å²) in [4.78, 5) is 25.2. The number of rotatable bonds is 7. The highest BCUT2D eigenvalue weighted by molar-refractivity contribution is 7.99. The Hall–Kier alpha value is -2.27. The van der Waals surface area contributed by atoms with E-state index in [-0.39, 0.29) is 5.91 Å². The van der Waals surface area contributed by atoms with Gasteiger partial charge < -0.3 is 10.1 Å². The number of hydrogen-bond acceptors (Lipinski definition) is 4. The normalized spacial score (nSPS) is 10.2. The zero-order chi connectivity index (χ0) is 17.4. The number of hydrogen-bond donors (Lipinski definition) is 1. The van der Waals surface area contributed by atoms with Gasteiger partial charge in [0.1, 0.15) is 0 Å². The van der Waals surface area contributed by atoms with Gasteiger partial charge in [0.25, 0.3) is 0 Å². The van der Waals surface area contributed by atoms with Crippen LogP contribution in [0.15, 0.2) is 53.4 Å². The third kappa shape index (κ3) is 5.13. The summed E-state index contributed by atoms with van der Waals surface area (Å²) >= 11 is 1.73. The number of para-hydroxylation sites is 1. The fourth-order valence-electron chi connectivity index (χ4n) is 2.26. The van der Waals surface area contributed by atoms with Gasteiger partial charge in [-0.05, 0) is 42.9 Å². The standard InChI is InChI=1S/C19H21NO3S/c1-14-8-6-11-16(19(22)23-2)18(14)20-17(21)12-7-13-24-15-9-4-3-5-10-15/h3-6,8-11H,7,12-13H2,1-2H3,(H,20,21). The summed E-state index contributed by atoms with van der Waals surface area (Å²) in [7, 11) is 1.33. The second-order valence-electron chi connectivity index (χ2n) is 5.30. The highest BCUT2D eigenvalue weighted by atomic mass is 32.2. The molecule has 1 N–H and O–H groups in total. The summed E-state index contributed by atoms with van der Waals surface area (Å²) < 4.78 is 4.77. The van der Waals surface area contributed by atoms with E-state index < -0.39 is 5.97 Å². The molecule has 126 valence electrons. The summed E-state index contributed by atoms with van der Waals surface area (Å²) in [5.41, 5.74) is 1.75. The number of anilines is 1. The minimum atomic E-state index is -0.450. The SMILES string of the molecule is COC(=O)c1cccc(C)c1NC(=O)CCCSc1ccccc1. The van der Waals surface area contributed by atoms with Crippen LogP contribution >= 0.6 is 11.8 Å². The monoisotopic (exact) mass is 343 g/mol. The van der Waals surface area contributed by atoms with Gasteiger partial charge in [-0.3, -0.25) is 4.79 Å². The zero-order valence-electron chi connectivity index (χ0n) is 13.9. The molecule has 0 aliphatic rings. The molecule has 1 amide bonds. The van der Waals surface area contributed by atoms with E-state index in [0.717, 1.165) is 17.7 Å². The van der Waals surface area contributed by atoms with Crippen molar-refractivity contribution in [3.8, 4) is 0 Å². The molecule has 5 heteroatoms. The lowest BCUT2D eigenvalue weighted by Gasteiger charge is -2.12. The number of methoxy groups -OCH3 is 1. The van der Waals surface area contributed by atoms with Gasteiger partial charge in [-0.25, -0.2) is 4.79 Å². The Morgan fingerprint density at radius 1 is 1.08 bits per heavy atom. The first kappa shape index (κ1) is 18.1. The first-order valence-electron chi connectivity index (χ1n) is 7.77. The van der Waals surface area contributed by atoms with E-state index in [1.165, 1.54) is 12.0 Å². The lowest BCUT2D eigenvalue weighted by Crippen LogP contribution is -2.16. The van der Waals surface area contributed by atoms with Crippen molar-refractivity contribution < 1.29 is 14.3 Å². The Labute approximate surface area is 146 Å². The van der Waals surface area contributed by atoms with E-state index in [9.17, 15) is 9.59 Å². The largest absolute Gasteiger partial charge is 0.465 e. The van der Waals surface area contributed by atoms with Gasteiger partial charge in [0.2, 0.25) is 5.91 Å². The summed E-state index contributed by atoms with van der Waals surface area (Å²) in [5, 5.41) is 2.84. The van der Waals surface area contributed by atoms with Crippen LogP contribution in [-0.2, 0) is 9.53 Å². The molecule has 0 aliphatic heterocycles. The van der Waals surface area contributed by atoms with Crippen LogP contribution in [0.4, 0.5) is 5.69 Å². The van der Waals surface area contributed by atoms with Crippen molar-refractivity contribution in [1.29, 1.82) is 0 Å². The smallest absolute Gasteiger partial charge is 0.339 e. The van der Waals surface area contributed by atoms with Crippen molar-refractivity contribution in [3.63, 3.8) is 0 Å². The predicted molar refractivity (Wildman–Crippen MR) is 97.5 cm³/mol. The topological polar surface area (TPSA) is 55.4 Å². The van der Waals surface area contributed by atoms with E-state index in [4.69, 9.17) is 4.74 Å². The average molecular weight is 343 g/mol. The third-order valence-electron chi connectivity index (χ3n) is 3.50. The number of amides is 1.